The number of rotatable bonds is 5. The van der Waals surface area contributed by atoms with Gasteiger partial charge in [0.1, 0.15) is 12.4 Å². The van der Waals surface area contributed by atoms with Crippen LogP contribution in [-0.4, -0.2) is 0 Å². The summed E-state index contributed by atoms with van der Waals surface area (Å²) in [5.41, 5.74) is 2.33. The SMILES string of the molecule is Cc1ccc(OCc2ccccc2C(C#N)N=O)c(Cl)c1. The van der Waals surface area contributed by atoms with Crippen LogP contribution in [0, 0.1) is 23.2 Å². The second-order valence-corrected chi connectivity index (χ2v) is 4.97. The van der Waals surface area contributed by atoms with Gasteiger partial charge in [0.2, 0.25) is 6.04 Å². The normalized spacial score (nSPS) is 11.5. The fraction of sp³-hybridized carbons (Fsp3) is 0.188. The molecule has 0 amide bonds. The summed E-state index contributed by atoms with van der Waals surface area (Å²) in [7, 11) is 0. The first-order valence-corrected chi connectivity index (χ1v) is 6.72. The molecule has 4 nitrogen and oxygen atoms in total. The first kappa shape index (κ1) is 15.0. The minimum atomic E-state index is -1.03. The third-order valence-corrected chi connectivity index (χ3v) is 3.34. The van der Waals surface area contributed by atoms with E-state index in [1.807, 2.05) is 31.2 Å². The lowest BCUT2D eigenvalue weighted by Gasteiger charge is -2.12. The van der Waals surface area contributed by atoms with Crippen molar-refractivity contribution in [2.75, 3.05) is 0 Å². The molecule has 2 aromatic carbocycles. The van der Waals surface area contributed by atoms with Gasteiger partial charge in [-0.1, -0.05) is 41.9 Å². The van der Waals surface area contributed by atoms with Crippen molar-refractivity contribution >= 4 is 11.6 Å². The maximum Gasteiger partial charge on any atom is 0.203 e. The molecule has 0 aliphatic rings. The molecule has 2 aromatic rings. The Labute approximate surface area is 127 Å². The molecule has 0 aliphatic heterocycles. The summed E-state index contributed by atoms with van der Waals surface area (Å²) < 4.78 is 5.67. The highest BCUT2D eigenvalue weighted by Crippen LogP contribution is 2.27. The number of ether oxygens (including phenoxy) is 1. The second-order valence-electron chi connectivity index (χ2n) is 4.56. The van der Waals surface area contributed by atoms with E-state index in [1.54, 1.807) is 24.3 Å². The van der Waals surface area contributed by atoms with Crippen LogP contribution in [0.25, 0.3) is 0 Å². The summed E-state index contributed by atoms with van der Waals surface area (Å²) in [6.07, 6.45) is 0. The number of hydrogen-bond acceptors (Lipinski definition) is 4. The minimum absolute atomic E-state index is 0.215. The van der Waals surface area contributed by atoms with E-state index in [0.29, 0.717) is 16.3 Å². The average molecular weight is 301 g/mol. The molecule has 0 fully saturated rings. The average Bonchev–Trinajstić information content (AvgIpc) is 2.49. The number of hydrogen-bond donors (Lipinski definition) is 0. The van der Waals surface area contributed by atoms with Gasteiger partial charge < -0.3 is 4.74 Å². The number of nitriles is 1. The van der Waals surface area contributed by atoms with Crippen LogP contribution < -0.4 is 4.74 Å². The molecule has 2 rings (SSSR count). The predicted molar refractivity (Wildman–Crippen MR) is 81.1 cm³/mol. The van der Waals surface area contributed by atoms with E-state index in [9.17, 15) is 4.91 Å². The highest BCUT2D eigenvalue weighted by molar-refractivity contribution is 6.32. The molecule has 0 N–H and O–H groups in total. The molecule has 0 aliphatic carbocycles. The van der Waals surface area contributed by atoms with Gasteiger partial charge in [-0.3, -0.25) is 0 Å². The lowest BCUT2D eigenvalue weighted by molar-refractivity contribution is 0.305. The third-order valence-electron chi connectivity index (χ3n) is 3.05. The van der Waals surface area contributed by atoms with Gasteiger partial charge in [0, 0.05) is 5.56 Å². The molecule has 5 heteroatoms. The molecule has 0 bridgehead atoms. The van der Waals surface area contributed by atoms with Gasteiger partial charge in [-0.2, -0.15) is 5.26 Å². The van der Waals surface area contributed by atoms with Crippen molar-refractivity contribution in [3.05, 3.63) is 69.1 Å². The molecule has 0 saturated heterocycles. The van der Waals surface area contributed by atoms with E-state index in [2.05, 4.69) is 5.18 Å². The molecule has 0 spiro atoms. The quantitative estimate of drug-likeness (QED) is 0.760. The van der Waals surface area contributed by atoms with Crippen LogP contribution >= 0.6 is 11.6 Å². The van der Waals surface area contributed by atoms with Crippen molar-refractivity contribution in [1.82, 2.24) is 0 Å². The van der Waals surface area contributed by atoms with Crippen LogP contribution in [0.4, 0.5) is 0 Å². The number of nitrogens with zero attached hydrogens (tertiary/aromatic N) is 2. The summed E-state index contributed by atoms with van der Waals surface area (Å²) in [6, 6.07) is 13.4. The Bertz CT molecular complexity index is 695. The summed E-state index contributed by atoms with van der Waals surface area (Å²) in [6.45, 7) is 2.16. The molecule has 1 atom stereocenters. The van der Waals surface area contributed by atoms with Gasteiger partial charge in [0.25, 0.3) is 0 Å². The van der Waals surface area contributed by atoms with Crippen molar-refractivity contribution in [2.45, 2.75) is 19.6 Å². The van der Waals surface area contributed by atoms with Crippen LogP contribution in [-0.2, 0) is 6.61 Å². The molecule has 21 heavy (non-hydrogen) atoms. The molecular formula is C16H13ClN2O2. The van der Waals surface area contributed by atoms with Gasteiger partial charge in [-0.05, 0) is 35.4 Å². The van der Waals surface area contributed by atoms with Gasteiger partial charge in [0.15, 0.2) is 0 Å². The zero-order chi connectivity index (χ0) is 15.2. The van der Waals surface area contributed by atoms with Crippen LogP contribution in [0.2, 0.25) is 5.02 Å². The number of benzene rings is 2. The summed E-state index contributed by atoms with van der Waals surface area (Å²) in [5.74, 6) is 0.560. The van der Waals surface area contributed by atoms with Crippen LogP contribution in [0.15, 0.2) is 47.6 Å². The lowest BCUT2D eigenvalue weighted by atomic mass is 10.0. The van der Waals surface area contributed by atoms with Crippen LogP contribution in [0.5, 0.6) is 5.75 Å². The van der Waals surface area contributed by atoms with Crippen LogP contribution in [0.1, 0.15) is 22.7 Å². The highest BCUT2D eigenvalue weighted by atomic mass is 35.5. The molecule has 1 unspecified atom stereocenters. The standard InChI is InChI=1S/C16H13ClN2O2/c1-11-6-7-16(14(17)8-11)21-10-12-4-2-3-5-13(12)15(9-18)19-20/h2-8,15H,10H2,1H3. The van der Waals surface area contributed by atoms with Crippen molar-refractivity contribution < 1.29 is 4.74 Å². The Morgan fingerprint density at radius 1 is 1.33 bits per heavy atom. The summed E-state index contributed by atoms with van der Waals surface area (Å²) in [4.78, 5) is 10.7. The lowest BCUT2D eigenvalue weighted by Crippen LogP contribution is -2.03. The summed E-state index contributed by atoms with van der Waals surface area (Å²) in [5, 5.41) is 12.3. The van der Waals surface area contributed by atoms with Crippen molar-refractivity contribution in [3.63, 3.8) is 0 Å². The summed E-state index contributed by atoms with van der Waals surface area (Å²) >= 11 is 6.11. The first-order valence-electron chi connectivity index (χ1n) is 6.34. The Morgan fingerprint density at radius 2 is 2.10 bits per heavy atom. The van der Waals surface area contributed by atoms with Gasteiger partial charge in [-0.15, -0.1) is 4.91 Å². The Morgan fingerprint density at radius 3 is 2.76 bits per heavy atom. The zero-order valence-electron chi connectivity index (χ0n) is 11.4. The van der Waals surface area contributed by atoms with Gasteiger partial charge in [0.05, 0.1) is 11.1 Å². The fourth-order valence-electron chi connectivity index (χ4n) is 1.96. The first-order chi connectivity index (χ1) is 10.2. The van der Waals surface area contributed by atoms with E-state index in [1.165, 1.54) is 0 Å². The predicted octanol–water partition coefficient (Wildman–Crippen LogP) is 4.56. The van der Waals surface area contributed by atoms with E-state index in [0.717, 1.165) is 11.1 Å². The van der Waals surface area contributed by atoms with E-state index in [4.69, 9.17) is 21.6 Å². The van der Waals surface area contributed by atoms with Gasteiger partial charge in [-0.25, -0.2) is 0 Å². The Hall–Kier alpha value is -2.38. The number of aryl methyl sites for hydroxylation is 1. The molecule has 0 saturated carbocycles. The van der Waals surface area contributed by atoms with Crippen molar-refractivity contribution in [2.24, 2.45) is 5.18 Å². The Balaban J connectivity index is 2.21. The number of nitroso groups, excluding NO2 is 1. The molecule has 0 aromatic heterocycles. The molecular weight excluding hydrogens is 288 g/mol. The maximum absolute atomic E-state index is 10.7. The second kappa shape index (κ2) is 6.87. The molecule has 0 radical (unpaired) electrons. The van der Waals surface area contributed by atoms with Crippen molar-refractivity contribution in [3.8, 4) is 11.8 Å². The maximum atomic E-state index is 10.7. The highest BCUT2D eigenvalue weighted by Gasteiger charge is 2.15. The Kier molecular flexibility index (Phi) is 4.91. The zero-order valence-corrected chi connectivity index (χ0v) is 12.2. The third kappa shape index (κ3) is 3.59. The van der Waals surface area contributed by atoms with E-state index in [-0.39, 0.29) is 6.61 Å². The molecule has 106 valence electrons. The minimum Gasteiger partial charge on any atom is -0.487 e. The molecule has 0 heterocycles. The monoisotopic (exact) mass is 300 g/mol. The van der Waals surface area contributed by atoms with E-state index < -0.39 is 6.04 Å². The number of halogens is 1. The smallest absolute Gasteiger partial charge is 0.203 e. The fourth-order valence-corrected chi connectivity index (χ4v) is 2.25. The topological polar surface area (TPSA) is 62.4 Å². The van der Waals surface area contributed by atoms with Gasteiger partial charge >= 0.3 is 0 Å². The van der Waals surface area contributed by atoms with Crippen molar-refractivity contribution in [1.29, 1.82) is 5.26 Å². The van der Waals surface area contributed by atoms with Crippen LogP contribution in [0.3, 0.4) is 0 Å². The largest absolute Gasteiger partial charge is 0.487 e. The van der Waals surface area contributed by atoms with E-state index >= 15 is 0 Å².